The van der Waals surface area contributed by atoms with Gasteiger partial charge >= 0.3 is 0 Å². The van der Waals surface area contributed by atoms with Gasteiger partial charge in [0.05, 0.1) is 13.2 Å². The van der Waals surface area contributed by atoms with E-state index in [4.69, 9.17) is 19.7 Å². The first kappa shape index (κ1) is 8.89. The van der Waals surface area contributed by atoms with Gasteiger partial charge in [-0.3, -0.25) is 0 Å². The minimum Gasteiger partial charge on any atom is -0.394 e. The molecule has 5 heteroatoms. The maximum atomic E-state index is 9.26. The van der Waals surface area contributed by atoms with Gasteiger partial charge in [0.25, 0.3) is 0 Å². The molecule has 0 aromatic rings. The van der Waals surface area contributed by atoms with E-state index in [1.165, 1.54) is 0 Å². The largest absolute Gasteiger partial charge is 0.394 e. The topological polar surface area (TPSA) is 79.2 Å². The minimum atomic E-state index is -0.946. The standard InChI is InChI=1S/C6H12O5/c7-1-4-6(9)5(2-8)11-3-10-4/h4-9H,1-3H2/t4-,5-/m0/s1. The predicted molar refractivity (Wildman–Crippen MR) is 34.8 cm³/mol. The van der Waals surface area contributed by atoms with E-state index in [9.17, 15) is 5.11 Å². The average Bonchev–Trinajstić information content (AvgIpc) is 2.05. The molecule has 0 bridgehead atoms. The molecule has 0 radical (unpaired) electrons. The van der Waals surface area contributed by atoms with E-state index < -0.39 is 18.3 Å². The fourth-order valence-corrected chi connectivity index (χ4v) is 0.972. The lowest BCUT2D eigenvalue weighted by atomic mass is 10.1. The van der Waals surface area contributed by atoms with Crippen LogP contribution in [0.15, 0.2) is 0 Å². The maximum absolute atomic E-state index is 9.26. The second-order valence-electron chi connectivity index (χ2n) is 2.38. The van der Waals surface area contributed by atoms with E-state index in [-0.39, 0.29) is 20.0 Å². The van der Waals surface area contributed by atoms with Gasteiger partial charge in [0, 0.05) is 0 Å². The Bertz CT molecular complexity index is 106. The molecule has 1 heterocycles. The third kappa shape index (κ3) is 1.88. The Morgan fingerprint density at radius 3 is 1.91 bits per heavy atom. The van der Waals surface area contributed by atoms with E-state index in [0.717, 1.165) is 0 Å². The summed E-state index contributed by atoms with van der Waals surface area (Å²) < 4.78 is 9.68. The number of rotatable bonds is 2. The van der Waals surface area contributed by atoms with Gasteiger partial charge in [-0.1, -0.05) is 0 Å². The molecule has 0 aliphatic carbocycles. The first-order chi connectivity index (χ1) is 5.29. The van der Waals surface area contributed by atoms with Gasteiger partial charge in [-0.15, -0.1) is 0 Å². The normalized spacial score (nSPS) is 34.1. The van der Waals surface area contributed by atoms with Crippen LogP contribution in [0.25, 0.3) is 0 Å². The summed E-state index contributed by atoms with van der Waals surface area (Å²) in [5.74, 6) is 0. The van der Waals surface area contributed by atoms with E-state index in [1.807, 2.05) is 0 Å². The van der Waals surface area contributed by atoms with Gasteiger partial charge < -0.3 is 24.8 Å². The first-order valence-corrected chi connectivity index (χ1v) is 3.42. The highest BCUT2D eigenvalue weighted by atomic mass is 16.7. The Kier molecular flexibility index (Phi) is 3.22. The highest BCUT2D eigenvalue weighted by Crippen LogP contribution is 2.13. The van der Waals surface area contributed by atoms with Crippen LogP contribution in [0.2, 0.25) is 0 Å². The minimum absolute atomic E-state index is 0.00745. The smallest absolute Gasteiger partial charge is 0.147 e. The quantitative estimate of drug-likeness (QED) is 0.443. The van der Waals surface area contributed by atoms with Crippen LogP contribution >= 0.6 is 0 Å². The lowest BCUT2D eigenvalue weighted by Crippen LogP contribution is -2.49. The summed E-state index contributed by atoms with van der Waals surface area (Å²) in [5, 5.41) is 26.6. The van der Waals surface area contributed by atoms with Crippen molar-refractivity contribution in [3.05, 3.63) is 0 Å². The summed E-state index contributed by atoms with van der Waals surface area (Å²) >= 11 is 0. The third-order valence-corrected chi connectivity index (χ3v) is 1.69. The number of hydrogen-bond donors (Lipinski definition) is 3. The molecule has 0 aromatic heterocycles. The highest BCUT2D eigenvalue weighted by Gasteiger charge is 2.32. The van der Waals surface area contributed by atoms with Crippen molar-refractivity contribution in [1.82, 2.24) is 0 Å². The molecular formula is C6H12O5. The van der Waals surface area contributed by atoms with Crippen LogP contribution in [0.3, 0.4) is 0 Å². The number of ether oxygens (including phenoxy) is 2. The van der Waals surface area contributed by atoms with Crippen molar-refractivity contribution in [2.45, 2.75) is 18.3 Å². The SMILES string of the molecule is OC[C@@H]1OCO[C@@H](CO)C1O. The van der Waals surface area contributed by atoms with Gasteiger partial charge in [-0.25, -0.2) is 0 Å². The molecule has 0 amide bonds. The second kappa shape index (κ2) is 3.99. The highest BCUT2D eigenvalue weighted by molar-refractivity contribution is 4.78. The van der Waals surface area contributed by atoms with Gasteiger partial charge in [0.1, 0.15) is 25.1 Å². The number of hydrogen-bond acceptors (Lipinski definition) is 5. The molecule has 3 N–H and O–H groups in total. The van der Waals surface area contributed by atoms with Crippen molar-refractivity contribution in [2.24, 2.45) is 0 Å². The van der Waals surface area contributed by atoms with Crippen molar-refractivity contribution in [3.63, 3.8) is 0 Å². The lowest BCUT2D eigenvalue weighted by Gasteiger charge is -2.32. The monoisotopic (exact) mass is 164 g/mol. The van der Waals surface area contributed by atoms with Crippen molar-refractivity contribution in [3.8, 4) is 0 Å². The van der Waals surface area contributed by atoms with Crippen molar-refractivity contribution < 1.29 is 24.8 Å². The molecule has 5 nitrogen and oxygen atoms in total. The summed E-state index contributed by atoms with van der Waals surface area (Å²) in [6.45, 7) is -0.518. The van der Waals surface area contributed by atoms with Crippen LogP contribution in [0, 0.1) is 0 Å². The second-order valence-corrected chi connectivity index (χ2v) is 2.38. The zero-order valence-electron chi connectivity index (χ0n) is 6.01. The van der Waals surface area contributed by atoms with Crippen molar-refractivity contribution in [2.75, 3.05) is 20.0 Å². The zero-order chi connectivity index (χ0) is 8.27. The number of aliphatic hydroxyl groups is 3. The third-order valence-electron chi connectivity index (χ3n) is 1.69. The molecule has 1 rings (SSSR count). The van der Waals surface area contributed by atoms with Crippen LogP contribution < -0.4 is 0 Å². The van der Waals surface area contributed by atoms with Crippen LogP contribution in [0.5, 0.6) is 0 Å². The van der Waals surface area contributed by atoms with Crippen LogP contribution in [-0.2, 0) is 9.47 Å². The molecule has 11 heavy (non-hydrogen) atoms. The molecule has 1 saturated heterocycles. The van der Waals surface area contributed by atoms with Crippen molar-refractivity contribution >= 4 is 0 Å². The predicted octanol–water partition coefficient (Wildman–Crippen LogP) is -1.93. The van der Waals surface area contributed by atoms with Gasteiger partial charge in [-0.2, -0.15) is 0 Å². The first-order valence-electron chi connectivity index (χ1n) is 3.42. The molecule has 0 aromatic carbocycles. The Labute approximate surface area is 64.2 Å². The molecule has 1 aliphatic heterocycles. The molecule has 66 valence electrons. The molecule has 1 fully saturated rings. The lowest BCUT2D eigenvalue weighted by molar-refractivity contribution is -0.244. The van der Waals surface area contributed by atoms with Crippen LogP contribution in [0.4, 0.5) is 0 Å². The van der Waals surface area contributed by atoms with Gasteiger partial charge in [0.2, 0.25) is 0 Å². The molecule has 2 atom stereocenters. The molecule has 1 aliphatic rings. The van der Waals surface area contributed by atoms with E-state index in [2.05, 4.69) is 0 Å². The number of aliphatic hydroxyl groups excluding tert-OH is 3. The van der Waals surface area contributed by atoms with Gasteiger partial charge in [-0.05, 0) is 0 Å². The fraction of sp³-hybridized carbons (Fsp3) is 1.00. The molecule has 0 spiro atoms. The Morgan fingerprint density at radius 2 is 1.55 bits per heavy atom. The summed E-state index contributed by atoms with van der Waals surface area (Å²) in [4.78, 5) is 0. The van der Waals surface area contributed by atoms with E-state index in [0.29, 0.717) is 0 Å². The summed E-state index contributed by atoms with van der Waals surface area (Å²) in [6.07, 6.45) is -2.22. The Balaban J connectivity index is 2.45. The van der Waals surface area contributed by atoms with E-state index in [1.54, 1.807) is 0 Å². The van der Waals surface area contributed by atoms with E-state index >= 15 is 0 Å². The maximum Gasteiger partial charge on any atom is 0.147 e. The summed E-state index contributed by atoms with van der Waals surface area (Å²) in [7, 11) is 0. The van der Waals surface area contributed by atoms with Crippen LogP contribution in [-0.4, -0.2) is 53.6 Å². The fourth-order valence-electron chi connectivity index (χ4n) is 0.972. The molecular weight excluding hydrogens is 152 g/mol. The summed E-state index contributed by atoms with van der Waals surface area (Å²) in [6, 6.07) is 0. The Morgan fingerprint density at radius 1 is 1.09 bits per heavy atom. The Hall–Kier alpha value is -0.200. The average molecular weight is 164 g/mol. The van der Waals surface area contributed by atoms with Gasteiger partial charge in [0.15, 0.2) is 0 Å². The van der Waals surface area contributed by atoms with Crippen LogP contribution in [0.1, 0.15) is 0 Å². The summed E-state index contributed by atoms with van der Waals surface area (Å²) in [5.41, 5.74) is 0. The molecule has 0 saturated carbocycles. The van der Waals surface area contributed by atoms with Crippen molar-refractivity contribution in [1.29, 1.82) is 0 Å². The zero-order valence-corrected chi connectivity index (χ0v) is 6.01. The molecule has 0 unspecified atom stereocenters.